The fourth-order valence-corrected chi connectivity index (χ4v) is 2.35. The predicted molar refractivity (Wildman–Crippen MR) is 86.5 cm³/mol. The Hall–Kier alpha value is -2.28. The molecular weight excluding hydrogens is 366 g/mol. The molecule has 0 unspecified atom stereocenters. The lowest BCUT2D eigenvalue weighted by Gasteiger charge is -2.16. The number of carboxylic acid groups (broad SMARTS) is 1. The molecule has 7 heteroatoms. The topological polar surface area (TPSA) is 80.0 Å². The molecule has 0 aliphatic heterocycles. The zero-order chi connectivity index (χ0) is 17.0. The number of carbonyl (C=O) groups is 2. The van der Waals surface area contributed by atoms with Gasteiger partial charge in [0.2, 0.25) is 0 Å². The molecule has 6 nitrogen and oxygen atoms in total. The zero-order valence-corrected chi connectivity index (χ0v) is 14.3. The van der Waals surface area contributed by atoms with Gasteiger partial charge in [0.25, 0.3) is 5.91 Å². The second kappa shape index (κ2) is 7.32. The molecule has 0 bridgehead atoms. The van der Waals surface area contributed by atoms with Crippen molar-refractivity contribution >= 4 is 27.8 Å². The highest BCUT2D eigenvalue weighted by Gasteiger charge is 2.17. The van der Waals surface area contributed by atoms with E-state index in [2.05, 4.69) is 15.9 Å². The molecule has 1 heterocycles. The second-order valence-electron chi connectivity index (χ2n) is 4.98. The number of nitrogens with zero attached hydrogens (tertiary/aromatic N) is 1. The molecule has 0 radical (unpaired) electrons. The van der Waals surface area contributed by atoms with E-state index in [0.717, 1.165) is 4.47 Å². The van der Waals surface area contributed by atoms with Crippen molar-refractivity contribution in [1.82, 2.24) is 4.90 Å². The monoisotopic (exact) mass is 381 g/mol. The van der Waals surface area contributed by atoms with Crippen LogP contribution in [-0.4, -0.2) is 35.5 Å². The minimum absolute atomic E-state index is 0.103. The van der Waals surface area contributed by atoms with Crippen LogP contribution in [0.25, 0.3) is 0 Å². The lowest BCUT2D eigenvalue weighted by Crippen LogP contribution is -2.30. The summed E-state index contributed by atoms with van der Waals surface area (Å²) in [5.74, 6) is 0.0282. The Labute approximate surface area is 141 Å². The maximum absolute atomic E-state index is 12.1. The number of likely N-dealkylation sites (N-methyl/N-ethyl adjacent to an activating group) is 1. The molecule has 1 N–H and O–H groups in total. The zero-order valence-electron chi connectivity index (χ0n) is 12.7. The van der Waals surface area contributed by atoms with Crippen LogP contribution in [0, 0.1) is 6.92 Å². The van der Waals surface area contributed by atoms with Crippen LogP contribution in [0.1, 0.15) is 21.9 Å². The second-order valence-corrected chi connectivity index (χ2v) is 5.90. The van der Waals surface area contributed by atoms with Crippen LogP contribution in [0.4, 0.5) is 0 Å². The normalized spacial score (nSPS) is 10.4. The van der Waals surface area contributed by atoms with Crippen LogP contribution in [0.15, 0.2) is 39.2 Å². The Kier molecular flexibility index (Phi) is 5.44. The molecule has 2 rings (SSSR count). The number of hydrogen-bond acceptors (Lipinski definition) is 4. The predicted octanol–water partition coefficient (Wildman–Crippen LogP) is 3.09. The first-order valence-corrected chi connectivity index (χ1v) is 7.61. The first kappa shape index (κ1) is 17.1. The Morgan fingerprint density at radius 3 is 2.70 bits per heavy atom. The molecule has 0 saturated carbocycles. The molecule has 1 amide bonds. The maximum atomic E-state index is 12.1. The van der Waals surface area contributed by atoms with E-state index < -0.39 is 5.97 Å². The summed E-state index contributed by atoms with van der Waals surface area (Å²) in [5, 5.41) is 8.99. The molecule has 0 saturated heterocycles. The van der Waals surface area contributed by atoms with Crippen LogP contribution < -0.4 is 4.74 Å². The molecule has 0 aliphatic rings. The smallest absolute Gasteiger partial charge is 0.339 e. The molecular formula is C16H16BrNO5. The lowest BCUT2D eigenvalue weighted by molar-refractivity contribution is -0.132. The van der Waals surface area contributed by atoms with Crippen molar-refractivity contribution in [2.75, 3.05) is 13.7 Å². The van der Waals surface area contributed by atoms with Crippen molar-refractivity contribution in [3.05, 3.63) is 51.9 Å². The van der Waals surface area contributed by atoms with Gasteiger partial charge >= 0.3 is 5.97 Å². The van der Waals surface area contributed by atoms with Gasteiger partial charge in [-0.05, 0) is 31.2 Å². The van der Waals surface area contributed by atoms with Crippen molar-refractivity contribution in [3.8, 4) is 5.75 Å². The number of carbonyl (C=O) groups excluding carboxylic acids is 1. The minimum Gasteiger partial charge on any atom is -0.484 e. The van der Waals surface area contributed by atoms with Gasteiger partial charge in [-0.1, -0.05) is 22.0 Å². The first-order chi connectivity index (χ1) is 10.9. The van der Waals surface area contributed by atoms with E-state index >= 15 is 0 Å². The van der Waals surface area contributed by atoms with Gasteiger partial charge in [0.05, 0.1) is 6.54 Å². The Morgan fingerprint density at radius 2 is 2.09 bits per heavy atom. The van der Waals surface area contributed by atoms with Crippen LogP contribution in [0.3, 0.4) is 0 Å². The van der Waals surface area contributed by atoms with Gasteiger partial charge in [-0.25, -0.2) is 4.79 Å². The number of carboxylic acids is 1. The summed E-state index contributed by atoms with van der Waals surface area (Å²) in [5.41, 5.74) is 0.103. The number of ether oxygens (including phenoxy) is 1. The standard InChI is InChI=1S/C16H16BrNO5/c1-10-14(16(20)21)7-13(23-10)8-18(2)15(19)9-22-12-5-3-4-11(17)6-12/h3-7H,8-9H2,1-2H3,(H,20,21). The fraction of sp³-hybridized carbons (Fsp3) is 0.250. The number of aryl methyl sites for hydroxylation is 1. The molecule has 0 fully saturated rings. The highest BCUT2D eigenvalue weighted by atomic mass is 79.9. The van der Waals surface area contributed by atoms with E-state index in [1.165, 1.54) is 11.0 Å². The number of hydrogen-bond donors (Lipinski definition) is 1. The third kappa shape index (κ3) is 4.59. The number of benzene rings is 1. The lowest BCUT2D eigenvalue weighted by atomic mass is 10.2. The van der Waals surface area contributed by atoms with Gasteiger partial charge in [-0.3, -0.25) is 4.79 Å². The van der Waals surface area contributed by atoms with E-state index in [-0.39, 0.29) is 24.6 Å². The van der Waals surface area contributed by atoms with Crippen LogP contribution in [-0.2, 0) is 11.3 Å². The molecule has 1 aromatic heterocycles. The van der Waals surface area contributed by atoms with Gasteiger partial charge in [0, 0.05) is 11.5 Å². The quantitative estimate of drug-likeness (QED) is 0.831. The summed E-state index contributed by atoms with van der Waals surface area (Å²) >= 11 is 3.33. The van der Waals surface area contributed by atoms with Gasteiger partial charge in [0.15, 0.2) is 6.61 Å². The molecule has 1 aromatic carbocycles. The summed E-state index contributed by atoms with van der Waals surface area (Å²) in [6, 6.07) is 8.62. The van der Waals surface area contributed by atoms with E-state index in [9.17, 15) is 9.59 Å². The van der Waals surface area contributed by atoms with Gasteiger partial charge in [-0.15, -0.1) is 0 Å². The molecule has 0 spiro atoms. The number of furan rings is 1. The number of amides is 1. The van der Waals surface area contributed by atoms with Gasteiger partial charge < -0.3 is 19.2 Å². The molecule has 0 atom stereocenters. The SMILES string of the molecule is Cc1oc(CN(C)C(=O)COc2cccc(Br)c2)cc1C(=O)O. The third-order valence-corrected chi connectivity index (χ3v) is 3.67. The Balaban J connectivity index is 1.92. The third-order valence-electron chi connectivity index (χ3n) is 3.18. The van der Waals surface area contributed by atoms with Crippen LogP contribution in [0.2, 0.25) is 0 Å². The van der Waals surface area contributed by atoms with E-state index in [0.29, 0.717) is 17.3 Å². The minimum atomic E-state index is -1.05. The summed E-state index contributed by atoms with van der Waals surface area (Å²) in [4.78, 5) is 24.5. The first-order valence-electron chi connectivity index (χ1n) is 6.81. The summed E-state index contributed by atoms with van der Waals surface area (Å²) < 4.78 is 11.6. The average molecular weight is 382 g/mol. The van der Waals surface area contributed by atoms with Gasteiger partial charge in [-0.2, -0.15) is 0 Å². The molecule has 23 heavy (non-hydrogen) atoms. The fourth-order valence-electron chi connectivity index (χ4n) is 1.97. The van der Waals surface area contributed by atoms with Crippen molar-refractivity contribution in [2.45, 2.75) is 13.5 Å². The summed E-state index contributed by atoms with van der Waals surface area (Å²) in [6.07, 6.45) is 0. The number of halogens is 1. The highest BCUT2D eigenvalue weighted by Crippen LogP contribution is 2.18. The summed E-state index contributed by atoms with van der Waals surface area (Å²) in [7, 11) is 1.60. The van der Waals surface area contributed by atoms with Crippen LogP contribution >= 0.6 is 15.9 Å². The van der Waals surface area contributed by atoms with E-state index in [1.54, 1.807) is 26.1 Å². The number of rotatable bonds is 6. The maximum Gasteiger partial charge on any atom is 0.339 e. The molecule has 2 aromatic rings. The van der Waals surface area contributed by atoms with Crippen molar-refractivity contribution in [1.29, 1.82) is 0 Å². The van der Waals surface area contributed by atoms with Crippen molar-refractivity contribution < 1.29 is 23.8 Å². The largest absolute Gasteiger partial charge is 0.484 e. The van der Waals surface area contributed by atoms with Crippen molar-refractivity contribution in [3.63, 3.8) is 0 Å². The Morgan fingerprint density at radius 1 is 1.35 bits per heavy atom. The summed E-state index contributed by atoms with van der Waals surface area (Å²) in [6.45, 7) is 1.64. The number of aromatic carboxylic acids is 1. The van der Waals surface area contributed by atoms with Gasteiger partial charge in [0.1, 0.15) is 22.8 Å². The van der Waals surface area contributed by atoms with E-state index in [1.807, 2.05) is 12.1 Å². The van der Waals surface area contributed by atoms with E-state index in [4.69, 9.17) is 14.3 Å². The van der Waals surface area contributed by atoms with Crippen LogP contribution in [0.5, 0.6) is 5.75 Å². The molecule has 122 valence electrons. The average Bonchev–Trinajstić information content (AvgIpc) is 2.85. The molecule has 0 aliphatic carbocycles. The Bertz CT molecular complexity index is 725. The highest BCUT2D eigenvalue weighted by molar-refractivity contribution is 9.10. The van der Waals surface area contributed by atoms with Crippen molar-refractivity contribution in [2.24, 2.45) is 0 Å².